The maximum Gasteiger partial charge on any atom is 0.135 e. The predicted octanol–water partition coefficient (Wildman–Crippen LogP) is 1.52. The van der Waals surface area contributed by atoms with Gasteiger partial charge in [-0.05, 0) is 31.0 Å². The second-order valence-electron chi connectivity index (χ2n) is 5.09. The molecule has 1 saturated carbocycles. The molecule has 1 aromatic heterocycles. The number of hydrogen-bond donors (Lipinski definition) is 2. The SMILES string of the molecule is CN(CCO)c1ccc2nc(C3CC3)nc(N)c2c1. The normalized spacial score (nSPS) is 14.8. The van der Waals surface area contributed by atoms with Crippen LogP contribution in [0.4, 0.5) is 11.5 Å². The fraction of sp³-hybridized carbons (Fsp3) is 0.429. The van der Waals surface area contributed by atoms with E-state index in [1.165, 1.54) is 12.8 Å². The number of nitrogens with zero attached hydrogens (tertiary/aromatic N) is 3. The molecule has 0 radical (unpaired) electrons. The average molecular weight is 258 g/mol. The molecule has 5 heteroatoms. The van der Waals surface area contributed by atoms with E-state index in [1.54, 1.807) is 0 Å². The van der Waals surface area contributed by atoms with Gasteiger partial charge in [0.05, 0.1) is 12.1 Å². The fourth-order valence-electron chi connectivity index (χ4n) is 2.20. The first-order valence-electron chi connectivity index (χ1n) is 6.58. The number of fused-ring (bicyclic) bond motifs is 1. The number of nitrogen functional groups attached to an aromatic ring is 1. The van der Waals surface area contributed by atoms with Gasteiger partial charge in [0.25, 0.3) is 0 Å². The van der Waals surface area contributed by atoms with E-state index in [9.17, 15) is 0 Å². The van der Waals surface area contributed by atoms with Crippen molar-refractivity contribution in [3.63, 3.8) is 0 Å². The maximum atomic E-state index is 8.98. The highest BCUT2D eigenvalue weighted by atomic mass is 16.3. The van der Waals surface area contributed by atoms with E-state index in [4.69, 9.17) is 10.8 Å². The Bertz CT molecular complexity index is 610. The topological polar surface area (TPSA) is 75.3 Å². The Kier molecular flexibility index (Phi) is 2.98. The summed E-state index contributed by atoms with van der Waals surface area (Å²) in [6.07, 6.45) is 2.34. The number of aromatic nitrogens is 2. The molecule has 0 atom stereocenters. The zero-order valence-electron chi connectivity index (χ0n) is 11.0. The first kappa shape index (κ1) is 12.2. The first-order chi connectivity index (χ1) is 9.19. The Morgan fingerprint density at radius 3 is 2.84 bits per heavy atom. The number of likely N-dealkylation sites (N-methyl/N-ethyl adjacent to an activating group) is 1. The summed E-state index contributed by atoms with van der Waals surface area (Å²) in [6, 6.07) is 5.96. The van der Waals surface area contributed by atoms with Crippen LogP contribution in [0.25, 0.3) is 10.9 Å². The Hall–Kier alpha value is -1.88. The fourth-order valence-corrected chi connectivity index (χ4v) is 2.20. The molecule has 0 bridgehead atoms. The highest BCUT2D eigenvalue weighted by Gasteiger charge is 2.27. The lowest BCUT2D eigenvalue weighted by molar-refractivity contribution is 0.304. The van der Waals surface area contributed by atoms with Crippen LogP contribution in [0.15, 0.2) is 18.2 Å². The maximum absolute atomic E-state index is 8.98. The molecule has 0 aliphatic heterocycles. The minimum atomic E-state index is 0.126. The standard InChI is InChI=1S/C14H18N4O/c1-18(6-7-19)10-4-5-12-11(8-10)13(15)17-14(16-12)9-2-3-9/h4-5,8-9,19H,2-3,6-7H2,1H3,(H2,15,16,17). The molecule has 0 unspecified atom stereocenters. The van der Waals surface area contributed by atoms with Crippen LogP contribution in [-0.2, 0) is 0 Å². The van der Waals surface area contributed by atoms with E-state index in [2.05, 4.69) is 9.97 Å². The van der Waals surface area contributed by atoms with Gasteiger partial charge in [-0.3, -0.25) is 0 Å². The van der Waals surface area contributed by atoms with Gasteiger partial charge in [-0.15, -0.1) is 0 Å². The van der Waals surface area contributed by atoms with Crippen molar-refractivity contribution in [2.75, 3.05) is 30.8 Å². The molecule has 1 aromatic carbocycles. The second-order valence-corrected chi connectivity index (χ2v) is 5.09. The van der Waals surface area contributed by atoms with Gasteiger partial charge in [0.15, 0.2) is 0 Å². The number of anilines is 2. The summed E-state index contributed by atoms with van der Waals surface area (Å²) in [7, 11) is 1.94. The zero-order chi connectivity index (χ0) is 13.4. The van der Waals surface area contributed by atoms with Crippen LogP contribution >= 0.6 is 0 Å². The van der Waals surface area contributed by atoms with Gasteiger partial charge in [-0.1, -0.05) is 0 Å². The summed E-state index contributed by atoms with van der Waals surface area (Å²) in [6.45, 7) is 0.716. The minimum Gasteiger partial charge on any atom is -0.395 e. The third-order valence-electron chi connectivity index (χ3n) is 3.54. The van der Waals surface area contributed by atoms with Gasteiger partial charge >= 0.3 is 0 Å². The van der Waals surface area contributed by atoms with E-state index in [0.29, 0.717) is 18.3 Å². The molecule has 1 fully saturated rings. The molecule has 0 amide bonds. The van der Waals surface area contributed by atoms with E-state index in [0.717, 1.165) is 22.4 Å². The molecule has 1 heterocycles. The van der Waals surface area contributed by atoms with Crippen LogP contribution in [0.3, 0.4) is 0 Å². The third kappa shape index (κ3) is 2.33. The molecule has 3 rings (SSSR count). The molecule has 1 aliphatic rings. The van der Waals surface area contributed by atoms with Crippen LogP contribution in [-0.4, -0.2) is 35.3 Å². The number of rotatable bonds is 4. The van der Waals surface area contributed by atoms with E-state index in [1.807, 2.05) is 30.1 Å². The zero-order valence-corrected chi connectivity index (χ0v) is 11.0. The number of hydrogen-bond acceptors (Lipinski definition) is 5. The number of aliphatic hydroxyl groups excluding tert-OH is 1. The van der Waals surface area contributed by atoms with Crippen molar-refractivity contribution < 1.29 is 5.11 Å². The van der Waals surface area contributed by atoms with Crippen molar-refractivity contribution in [1.29, 1.82) is 0 Å². The molecule has 2 aromatic rings. The third-order valence-corrected chi connectivity index (χ3v) is 3.54. The number of aliphatic hydroxyl groups is 1. The van der Waals surface area contributed by atoms with Crippen molar-refractivity contribution in [3.05, 3.63) is 24.0 Å². The second kappa shape index (κ2) is 4.66. The molecule has 1 aliphatic carbocycles. The summed E-state index contributed by atoms with van der Waals surface area (Å²) in [5.74, 6) is 1.93. The lowest BCUT2D eigenvalue weighted by Gasteiger charge is -2.18. The van der Waals surface area contributed by atoms with Crippen molar-refractivity contribution >= 4 is 22.4 Å². The molecule has 19 heavy (non-hydrogen) atoms. The number of nitrogens with two attached hydrogens (primary N) is 1. The van der Waals surface area contributed by atoms with E-state index in [-0.39, 0.29) is 6.61 Å². The van der Waals surface area contributed by atoms with Gasteiger partial charge in [-0.25, -0.2) is 9.97 Å². The molecule has 0 saturated heterocycles. The molecule has 3 N–H and O–H groups in total. The van der Waals surface area contributed by atoms with E-state index < -0.39 is 0 Å². The summed E-state index contributed by atoms with van der Waals surface area (Å²) >= 11 is 0. The summed E-state index contributed by atoms with van der Waals surface area (Å²) in [5, 5.41) is 9.86. The Morgan fingerprint density at radius 1 is 1.37 bits per heavy atom. The first-order valence-corrected chi connectivity index (χ1v) is 6.58. The van der Waals surface area contributed by atoms with Crippen LogP contribution < -0.4 is 10.6 Å². The largest absolute Gasteiger partial charge is 0.395 e. The predicted molar refractivity (Wildman–Crippen MR) is 76.3 cm³/mol. The monoisotopic (exact) mass is 258 g/mol. The highest BCUT2D eigenvalue weighted by molar-refractivity contribution is 5.90. The van der Waals surface area contributed by atoms with E-state index >= 15 is 0 Å². The van der Waals surface area contributed by atoms with Gasteiger partial charge in [0.1, 0.15) is 11.6 Å². The van der Waals surface area contributed by atoms with Crippen LogP contribution in [0.2, 0.25) is 0 Å². The van der Waals surface area contributed by atoms with Gasteiger partial charge in [-0.2, -0.15) is 0 Å². The summed E-state index contributed by atoms with van der Waals surface area (Å²) in [5.41, 5.74) is 7.96. The van der Waals surface area contributed by atoms with Crippen molar-refractivity contribution in [1.82, 2.24) is 9.97 Å². The highest BCUT2D eigenvalue weighted by Crippen LogP contribution is 2.39. The van der Waals surface area contributed by atoms with Gasteiger partial charge < -0.3 is 15.7 Å². The molecule has 0 spiro atoms. The van der Waals surface area contributed by atoms with Crippen molar-refractivity contribution in [2.24, 2.45) is 0 Å². The summed E-state index contributed by atoms with van der Waals surface area (Å²) in [4.78, 5) is 11.0. The van der Waals surface area contributed by atoms with Crippen molar-refractivity contribution in [3.8, 4) is 0 Å². The Balaban J connectivity index is 2.03. The lowest BCUT2D eigenvalue weighted by Crippen LogP contribution is -2.21. The summed E-state index contributed by atoms with van der Waals surface area (Å²) < 4.78 is 0. The van der Waals surface area contributed by atoms with Gasteiger partial charge in [0, 0.05) is 30.6 Å². The van der Waals surface area contributed by atoms with Crippen LogP contribution in [0.5, 0.6) is 0 Å². The quantitative estimate of drug-likeness (QED) is 0.869. The molecular formula is C14H18N4O. The molecule has 100 valence electrons. The smallest absolute Gasteiger partial charge is 0.135 e. The Labute approximate surface area is 112 Å². The molecular weight excluding hydrogens is 240 g/mol. The molecule has 5 nitrogen and oxygen atoms in total. The van der Waals surface area contributed by atoms with Gasteiger partial charge in [0.2, 0.25) is 0 Å². The Morgan fingerprint density at radius 2 is 2.16 bits per heavy atom. The average Bonchev–Trinajstić information content (AvgIpc) is 3.23. The number of benzene rings is 1. The van der Waals surface area contributed by atoms with Crippen molar-refractivity contribution in [2.45, 2.75) is 18.8 Å². The lowest BCUT2D eigenvalue weighted by atomic mass is 10.2. The van der Waals surface area contributed by atoms with Crippen LogP contribution in [0, 0.1) is 0 Å². The minimum absolute atomic E-state index is 0.126. The van der Waals surface area contributed by atoms with Crippen LogP contribution in [0.1, 0.15) is 24.6 Å².